The Bertz CT molecular complexity index is 843. The minimum absolute atomic E-state index is 0.196. The predicted molar refractivity (Wildman–Crippen MR) is 110 cm³/mol. The van der Waals surface area contributed by atoms with Gasteiger partial charge in [0.1, 0.15) is 12.4 Å². The summed E-state index contributed by atoms with van der Waals surface area (Å²) >= 11 is 0. The summed E-state index contributed by atoms with van der Waals surface area (Å²) in [5, 5.41) is 0.196. The highest BCUT2D eigenvalue weighted by molar-refractivity contribution is 7.90. The van der Waals surface area contributed by atoms with Gasteiger partial charge in [0, 0.05) is 25.9 Å². The second-order valence-electron chi connectivity index (χ2n) is 7.82. The van der Waals surface area contributed by atoms with Gasteiger partial charge in [0.05, 0.1) is 11.9 Å². The Morgan fingerprint density at radius 1 is 1.18 bits per heavy atom. The number of ether oxygens (including phenoxy) is 1. The molecule has 7 heteroatoms. The summed E-state index contributed by atoms with van der Waals surface area (Å²) in [6, 6.07) is 9.76. The number of hydrogen-bond acceptors (Lipinski definition) is 5. The number of para-hydroxylation sites is 1. The number of hydrogen-bond donors (Lipinski definition) is 0. The Balaban J connectivity index is 1.63. The Hall–Kier alpha value is -1.86. The molecule has 6 nitrogen and oxygen atoms in total. The molecule has 3 rings (SSSR count). The van der Waals surface area contributed by atoms with Crippen molar-refractivity contribution in [3.8, 4) is 5.75 Å². The maximum absolute atomic E-state index is 12.2. The molecule has 1 aromatic carbocycles. The SMILES string of the molecule is CN(CCOc1ccccc1)Cc1cnc(S(C)(=O)=O)n1CC1CCCCC1. The lowest BCUT2D eigenvalue weighted by atomic mass is 9.89. The Labute approximate surface area is 168 Å². The Morgan fingerprint density at radius 3 is 2.57 bits per heavy atom. The molecule has 1 aliphatic rings. The lowest BCUT2D eigenvalue weighted by Gasteiger charge is -2.25. The highest BCUT2D eigenvalue weighted by Gasteiger charge is 2.23. The third-order valence-electron chi connectivity index (χ3n) is 5.32. The van der Waals surface area contributed by atoms with Crippen LogP contribution in [0.3, 0.4) is 0 Å². The number of imidazole rings is 1. The first-order valence-electron chi connectivity index (χ1n) is 10.0. The van der Waals surface area contributed by atoms with E-state index in [4.69, 9.17) is 4.74 Å². The highest BCUT2D eigenvalue weighted by atomic mass is 32.2. The van der Waals surface area contributed by atoms with Gasteiger partial charge in [0.25, 0.3) is 0 Å². The first-order valence-corrected chi connectivity index (χ1v) is 11.9. The molecule has 0 atom stereocenters. The van der Waals surface area contributed by atoms with Crippen molar-refractivity contribution in [1.29, 1.82) is 0 Å². The van der Waals surface area contributed by atoms with Crippen molar-refractivity contribution in [2.45, 2.75) is 50.4 Å². The molecule has 0 saturated heterocycles. The maximum atomic E-state index is 12.2. The van der Waals surface area contributed by atoms with Crippen LogP contribution in [-0.4, -0.2) is 49.3 Å². The zero-order chi connectivity index (χ0) is 20.0. The van der Waals surface area contributed by atoms with E-state index >= 15 is 0 Å². The van der Waals surface area contributed by atoms with Crippen molar-refractivity contribution in [3.63, 3.8) is 0 Å². The number of rotatable bonds is 9. The summed E-state index contributed by atoms with van der Waals surface area (Å²) in [6.07, 6.45) is 9.06. The molecule has 1 fully saturated rings. The molecule has 0 unspecified atom stereocenters. The van der Waals surface area contributed by atoms with Crippen LogP contribution in [0.4, 0.5) is 0 Å². The molecular weight excluding hydrogens is 374 g/mol. The van der Waals surface area contributed by atoms with Gasteiger partial charge in [0.15, 0.2) is 0 Å². The van der Waals surface area contributed by atoms with Crippen LogP contribution >= 0.6 is 0 Å². The first kappa shape index (κ1) is 20.9. The van der Waals surface area contributed by atoms with Crippen molar-refractivity contribution in [1.82, 2.24) is 14.5 Å². The second kappa shape index (κ2) is 9.56. The summed E-state index contributed by atoms with van der Waals surface area (Å²) in [5.41, 5.74) is 0.952. The van der Waals surface area contributed by atoms with E-state index in [1.54, 1.807) is 6.20 Å². The molecule has 154 valence electrons. The van der Waals surface area contributed by atoms with E-state index in [2.05, 4.69) is 9.88 Å². The van der Waals surface area contributed by atoms with Gasteiger partial charge in [-0.05, 0) is 37.9 Å². The van der Waals surface area contributed by atoms with Crippen LogP contribution < -0.4 is 4.74 Å². The predicted octanol–water partition coefficient (Wildman–Crippen LogP) is 3.38. The smallest absolute Gasteiger partial charge is 0.227 e. The summed E-state index contributed by atoms with van der Waals surface area (Å²) in [7, 11) is -1.32. The van der Waals surface area contributed by atoms with Crippen molar-refractivity contribution < 1.29 is 13.2 Å². The second-order valence-corrected chi connectivity index (χ2v) is 9.73. The average Bonchev–Trinajstić information content (AvgIpc) is 3.06. The summed E-state index contributed by atoms with van der Waals surface area (Å²) in [4.78, 5) is 6.39. The Kier molecular flexibility index (Phi) is 7.13. The van der Waals surface area contributed by atoms with Crippen LogP contribution in [0.2, 0.25) is 0 Å². The van der Waals surface area contributed by atoms with Crippen LogP contribution in [0.5, 0.6) is 5.75 Å². The van der Waals surface area contributed by atoms with Crippen molar-refractivity contribution in [2.75, 3.05) is 26.5 Å². The molecule has 0 spiro atoms. The molecule has 28 heavy (non-hydrogen) atoms. The fourth-order valence-electron chi connectivity index (χ4n) is 3.83. The minimum Gasteiger partial charge on any atom is -0.492 e. The molecule has 0 radical (unpaired) electrons. The van der Waals surface area contributed by atoms with E-state index in [1.807, 2.05) is 41.9 Å². The summed E-state index contributed by atoms with van der Waals surface area (Å²) in [6.45, 7) is 2.72. The topological polar surface area (TPSA) is 64.4 Å². The Morgan fingerprint density at radius 2 is 1.89 bits per heavy atom. The number of benzene rings is 1. The first-order chi connectivity index (χ1) is 13.4. The molecule has 1 saturated carbocycles. The fourth-order valence-corrected chi connectivity index (χ4v) is 4.67. The van der Waals surface area contributed by atoms with Gasteiger partial charge in [-0.2, -0.15) is 0 Å². The highest BCUT2D eigenvalue weighted by Crippen LogP contribution is 2.27. The quantitative estimate of drug-likeness (QED) is 0.640. The van der Waals surface area contributed by atoms with Gasteiger partial charge in [-0.25, -0.2) is 13.4 Å². The van der Waals surface area contributed by atoms with E-state index in [9.17, 15) is 8.42 Å². The number of likely N-dealkylation sites (N-methyl/N-ethyl adjacent to an activating group) is 1. The fraction of sp³-hybridized carbons (Fsp3) is 0.571. The van der Waals surface area contributed by atoms with Crippen molar-refractivity contribution in [2.24, 2.45) is 5.92 Å². The summed E-state index contributed by atoms with van der Waals surface area (Å²) < 4.78 is 32.1. The standard InChI is InChI=1S/C21H31N3O3S/c1-23(13-14-27-20-11-7-4-8-12-20)17-19-15-22-21(28(2,25)26)24(19)16-18-9-5-3-6-10-18/h4,7-8,11-12,15,18H,3,5-6,9-10,13-14,16-17H2,1-2H3. The van der Waals surface area contributed by atoms with Gasteiger partial charge in [-0.15, -0.1) is 0 Å². The van der Waals surface area contributed by atoms with E-state index in [1.165, 1.54) is 38.4 Å². The molecule has 1 heterocycles. The molecular formula is C21H31N3O3S. The van der Waals surface area contributed by atoms with Crippen molar-refractivity contribution >= 4 is 9.84 Å². The number of aromatic nitrogens is 2. The zero-order valence-electron chi connectivity index (χ0n) is 16.9. The summed E-state index contributed by atoms with van der Waals surface area (Å²) in [5.74, 6) is 1.39. The van der Waals surface area contributed by atoms with E-state index in [0.717, 1.165) is 24.5 Å². The molecule has 0 bridgehead atoms. The van der Waals surface area contributed by atoms with E-state index in [0.29, 0.717) is 19.1 Å². The van der Waals surface area contributed by atoms with Crippen LogP contribution in [0.1, 0.15) is 37.8 Å². The normalized spacial score (nSPS) is 15.8. The zero-order valence-corrected chi connectivity index (χ0v) is 17.7. The third-order valence-corrected chi connectivity index (χ3v) is 6.30. The van der Waals surface area contributed by atoms with Gasteiger partial charge in [0.2, 0.25) is 15.0 Å². The van der Waals surface area contributed by atoms with Gasteiger partial charge in [-0.1, -0.05) is 37.5 Å². The lowest BCUT2D eigenvalue weighted by molar-refractivity contribution is 0.226. The minimum atomic E-state index is -3.34. The molecule has 0 N–H and O–H groups in total. The average molecular weight is 406 g/mol. The monoisotopic (exact) mass is 405 g/mol. The van der Waals surface area contributed by atoms with Gasteiger partial charge >= 0.3 is 0 Å². The van der Waals surface area contributed by atoms with E-state index < -0.39 is 9.84 Å². The van der Waals surface area contributed by atoms with Crippen LogP contribution in [-0.2, 0) is 22.9 Å². The third kappa shape index (κ3) is 5.82. The lowest BCUT2D eigenvalue weighted by Crippen LogP contribution is -2.26. The molecule has 0 amide bonds. The number of nitrogens with zero attached hydrogens (tertiary/aromatic N) is 3. The van der Waals surface area contributed by atoms with Crippen LogP contribution in [0, 0.1) is 5.92 Å². The maximum Gasteiger partial charge on any atom is 0.227 e. The van der Waals surface area contributed by atoms with Crippen molar-refractivity contribution in [3.05, 3.63) is 42.2 Å². The van der Waals surface area contributed by atoms with E-state index in [-0.39, 0.29) is 5.16 Å². The number of sulfone groups is 1. The van der Waals surface area contributed by atoms with Crippen LogP contribution in [0.25, 0.3) is 0 Å². The molecule has 0 aliphatic heterocycles. The van der Waals surface area contributed by atoms with Crippen LogP contribution in [0.15, 0.2) is 41.7 Å². The van der Waals surface area contributed by atoms with Gasteiger partial charge in [-0.3, -0.25) is 4.90 Å². The molecule has 1 aliphatic carbocycles. The molecule has 1 aromatic heterocycles. The van der Waals surface area contributed by atoms with Gasteiger partial charge < -0.3 is 9.30 Å². The largest absolute Gasteiger partial charge is 0.492 e. The molecule has 2 aromatic rings.